The van der Waals surface area contributed by atoms with Crippen LogP contribution in [-0.2, 0) is 4.74 Å². The van der Waals surface area contributed by atoms with Crippen molar-refractivity contribution in [3.63, 3.8) is 0 Å². The molecule has 150 valence electrons. The topological polar surface area (TPSA) is 49.7 Å². The second kappa shape index (κ2) is 7.04. The Morgan fingerprint density at radius 1 is 0.923 bits per heavy atom. The van der Waals surface area contributed by atoms with Crippen molar-refractivity contribution >= 4 is 0 Å². The van der Waals surface area contributed by atoms with Gasteiger partial charge in [-0.25, -0.2) is 0 Å². The van der Waals surface area contributed by atoms with Crippen LogP contribution in [0, 0.1) is 40.9 Å². The number of methoxy groups -OCH3 is 1. The van der Waals surface area contributed by atoms with Crippen LogP contribution in [-0.4, -0.2) is 35.6 Å². The molecule has 2 N–H and O–H groups in total. The van der Waals surface area contributed by atoms with Crippen LogP contribution in [0.1, 0.15) is 78.1 Å². The van der Waals surface area contributed by atoms with E-state index in [1.54, 1.807) is 7.11 Å². The van der Waals surface area contributed by atoms with E-state index in [2.05, 4.69) is 6.92 Å². The normalized spacial score (nSPS) is 52.5. The molecule has 0 spiro atoms. The predicted molar refractivity (Wildman–Crippen MR) is 104 cm³/mol. The molecular formula is C23H40O3. The summed E-state index contributed by atoms with van der Waals surface area (Å²) in [6.45, 7) is 5.01. The van der Waals surface area contributed by atoms with Crippen LogP contribution in [0.25, 0.3) is 0 Å². The number of fused-ring (bicyclic) bond motifs is 5. The van der Waals surface area contributed by atoms with Gasteiger partial charge in [0, 0.05) is 7.11 Å². The van der Waals surface area contributed by atoms with E-state index in [0.29, 0.717) is 17.9 Å². The first-order chi connectivity index (χ1) is 12.4. The Morgan fingerprint density at radius 3 is 2.38 bits per heavy atom. The minimum Gasteiger partial charge on any atom is -0.393 e. The van der Waals surface area contributed by atoms with Gasteiger partial charge in [0.25, 0.3) is 0 Å². The Labute approximate surface area is 159 Å². The molecule has 0 bridgehead atoms. The van der Waals surface area contributed by atoms with Gasteiger partial charge in [-0.05, 0) is 112 Å². The summed E-state index contributed by atoms with van der Waals surface area (Å²) >= 11 is 0. The Morgan fingerprint density at radius 2 is 1.65 bits per heavy atom. The molecule has 4 aliphatic rings. The number of aliphatic hydroxyl groups excluding tert-OH is 1. The van der Waals surface area contributed by atoms with Crippen LogP contribution in [0.4, 0.5) is 0 Å². The van der Waals surface area contributed by atoms with E-state index in [-0.39, 0.29) is 6.10 Å². The molecule has 1 unspecified atom stereocenters. The van der Waals surface area contributed by atoms with Gasteiger partial charge in [-0.15, -0.1) is 0 Å². The van der Waals surface area contributed by atoms with E-state index in [0.717, 1.165) is 42.4 Å². The first kappa shape index (κ1) is 19.2. The summed E-state index contributed by atoms with van der Waals surface area (Å²) in [5.74, 6) is 4.70. The molecule has 0 radical (unpaired) electrons. The van der Waals surface area contributed by atoms with Gasteiger partial charge < -0.3 is 14.9 Å². The minimum absolute atomic E-state index is 0.153. The molecule has 0 aliphatic heterocycles. The fourth-order valence-corrected chi connectivity index (χ4v) is 8.30. The van der Waals surface area contributed by atoms with Gasteiger partial charge in [0.2, 0.25) is 0 Å². The molecule has 26 heavy (non-hydrogen) atoms. The first-order valence-corrected chi connectivity index (χ1v) is 11.3. The van der Waals surface area contributed by atoms with Crippen LogP contribution in [0.5, 0.6) is 0 Å². The average molecular weight is 365 g/mol. The van der Waals surface area contributed by atoms with Crippen molar-refractivity contribution in [1.82, 2.24) is 0 Å². The quantitative estimate of drug-likeness (QED) is 0.780. The number of rotatable bonds is 3. The fourth-order valence-electron chi connectivity index (χ4n) is 8.30. The van der Waals surface area contributed by atoms with Crippen LogP contribution in [0.2, 0.25) is 0 Å². The summed E-state index contributed by atoms with van der Waals surface area (Å²) in [5.41, 5.74) is -0.223. The molecule has 4 rings (SSSR count). The van der Waals surface area contributed by atoms with Crippen molar-refractivity contribution in [1.29, 1.82) is 0 Å². The Balaban J connectivity index is 1.51. The third-order valence-corrected chi connectivity index (χ3v) is 9.51. The van der Waals surface area contributed by atoms with Gasteiger partial charge in [-0.1, -0.05) is 6.92 Å². The third kappa shape index (κ3) is 3.06. The standard InChI is InChI=1S/C23H40O3/c1-15(24)20-6-7-21-19-5-4-16-8-12-23(25,14-26-3)13-10-17(16)18(19)9-11-22(20,21)2/h15-21,24-25H,4-14H2,1-3H3/t15?,16-,17+,18-,19-,20-,21+,22-,23+/m1/s1. The Hall–Kier alpha value is -0.120. The van der Waals surface area contributed by atoms with E-state index >= 15 is 0 Å². The molecule has 4 saturated carbocycles. The first-order valence-electron chi connectivity index (χ1n) is 11.3. The summed E-state index contributed by atoms with van der Waals surface area (Å²) in [6.07, 6.45) is 12.0. The van der Waals surface area contributed by atoms with E-state index in [1.807, 2.05) is 6.92 Å². The molecular weight excluding hydrogens is 324 g/mol. The van der Waals surface area contributed by atoms with E-state index < -0.39 is 5.60 Å². The smallest absolute Gasteiger partial charge is 0.0880 e. The maximum absolute atomic E-state index is 10.9. The maximum atomic E-state index is 10.9. The highest BCUT2D eigenvalue weighted by Gasteiger charge is 2.57. The summed E-state index contributed by atoms with van der Waals surface area (Å²) in [6, 6.07) is 0. The van der Waals surface area contributed by atoms with Crippen molar-refractivity contribution in [3.05, 3.63) is 0 Å². The van der Waals surface area contributed by atoms with Crippen molar-refractivity contribution in [2.45, 2.75) is 89.8 Å². The number of hydrogen-bond donors (Lipinski definition) is 2. The second-order valence-electron chi connectivity index (χ2n) is 10.6. The monoisotopic (exact) mass is 364 g/mol. The second-order valence-corrected chi connectivity index (χ2v) is 10.6. The number of aliphatic hydroxyl groups is 2. The number of ether oxygens (including phenoxy) is 1. The van der Waals surface area contributed by atoms with Crippen LogP contribution >= 0.6 is 0 Å². The zero-order valence-corrected chi connectivity index (χ0v) is 17.1. The number of hydrogen-bond acceptors (Lipinski definition) is 3. The Bertz CT molecular complexity index is 506. The molecule has 0 heterocycles. The predicted octanol–water partition coefficient (Wildman–Crippen LogP) is 4.40. The lowest BCUT2D eigenvalue weighted by atomic mass is 9.50. The van der Waals surface area contributed by atoms with Gasteiger partial charge in [0.1, 0.15) is 0 Å². The summed E-state index contributed by atoms with van der Waals surface area (Å²) < 4.78 is 5.33. The third-order valence-electron chi connectivity index (χ3n) is 9.51. The van der Waals surface area contributed by atoms with Crippen molar-refractivity contribution in [2.75, 3.05) is 13.7 Å². The van der Waals surface area contributed by atoms with E-state index in [1.165, 1.54) is 51.4 Å². The fraction of sp³-hybridized carbons (Fsp3) is 1.00. The highest BCUT2D eigenvalue weighted by Crippen LogP contribution is 2.64. The Kier molecular flexibility index (Phi) is 5.20. The van der Waals surface area contributed by atoms with Crippen molar-refractivity contribution in [2.24, 2.45) is 40.9 Å². The molecule has 4 fully saturated rings. The van der Waals surface area contributed by atoms with Crippen LogP contribution in [0.3, 0.4) is 0 Å². The molecule has 3 heteroatoms. The zero-order valence-electron chi connectivity index (χ0n) is 17.1. The van der Waals surface area contributed by atoms with E-state index in [4.69, 9.17) is 4.74 Å². The lowest BCUT2D eigenvalue weighted by Crippen LogP contribution is -2.48. The molecule has 0 aromatic heterocycles. The minimum atomic E-state index is -0.588. The van der Waals surface area contributed by atoms with Gasteiger partial charge >= 0.3 is 0 Å². The molecule has 0 aromatic carbocycles. The molecule has 0 aromatic rings. The molecule has 0 saturated heterocycles. The van der Waals surface area contributed by atoms with Gasteiger partial charge in [-0.2, -0.15) is 0 Å². The molecule has 3 nitrogen and oxygen atoms in total. The van der Waals surface area contributed by atoms with Crippen molar-refractivity contribution < 1.29 is 14.9 Å². The van der Waals surface area contributed by atoms with Gasteiger partial charge in [-0.3, -0.25) is 0 Å². The highest BCUT2D eigenvalue weighted by molar-refractivity contribution is 5.07. The lowest BCUT2D eigenvalue weighted by molar-refractivity contribution is -0.0720. The SMILES string of the molecule is COC[C@]1(O)CC[C@H]2CC[C@@H]3[C@H](CC[C@]4(C)[C@@H](C(C)O)CC[C@@H]34)[C@H]2CC1. The van der Waals surface area contributed by atoms with Gasteiger partial charge in [0.15, 0.2) is 0 Å². The average Bonchev–Trinajstić information content (AvgIpc) is 2.87. The largest absolute Gasteiger partial charge is 0.393 e. The van der Waals surface area contributed by atoms with Gasteiger partial charge in [0.05, 0.1) is 18.3 Å². The van der Waals surface area contributed by atoms with Crippen molar-refractivity contribution in [3.8, 4) is 0 Å². The highest BCUT2D eigenvalue weighted by atomic mass is 16.5. The summed E-state index contributed by atoms with van der Waals surface area (Å²) in [7, 11) is 1.71. The summed E-state index contributed by atoms with van der Waals surface area (Å²) in [5, 5.41) is 21.3. The van der Waals surface area contributed by atoms with Crippen LogP contribution < -0.4 is 0 Å². The summed E-state index contributed by atoms with van der Waals surface area (Å²) in [4.78, 5) is 0. The maximum Gasteiger partial charge on any atom is 0.0880 e. The lowest BCUT2D eigenvalue weighted by Gasteiger charge is -2.55. The molecule has 9 atom stereocenters. The zero-order chi connectivity index (χ0) is 18.5. The van der Waals surface area contributed by atoms with E-state index in [9.17, 15) is 10.2 Å². The molecule has 4 aliphatic carbocycles. The molecule has 0 amide bonds. The van der Waals surface area contributed by atoms with Crippen LogP contribution in [0.15, 0.2) is 0 Å².